The zero-order valence-corrected chi connectivity index (χ0v) is 11.2. The van der Waals surface area contributed by atoms with Crippen molar-refractivity contribution in [3.63, 3.8) is 0 Å². The summed E-state index contributed by atoms with van der Waals surface area (Å²) in [4.78, 5) is 21.5. The molecule has 18 heavy (non-hydrogen) atoms. The van der Waals surface area contributed by atoms with Crippen molar-refractivity contribution in [2.45, 2.75) is 58.0 Å². The van der Waals surface area contributed by atoms with Crippen LogP contribution in [0.3, 0.4) is 0 Å². The van der Waals surface area contributed by atoms with E-state index in [1.165, 1.54) is 14.0 Å². The number of hydrogen-bond acceptors (Lipinski definition) is 4. The maximum absolute atomic E-state index is 12.4. The monoisotopic (exact) mass is 262 g/mol. The molecule has 0 bridgehead atoms. The number of halogens is 1. The maximum atomic E-state index is 12.4. The lowest BCUT2D eigenvalue weighted by Crippen LogP contribution is -2.18. The predicted octanol–water partition coefficient (Wildman–Crippen LogP) is 2.79. The molecule has 0 aromatic heterocycles. The minimum Gasteiger partial charge on any atom is -0.469 e. The van der Waals surface area contributed by atoms with Gasteiger partial charge in [-0.05, 0) is 19.3 Å². The van der Waals surface area contributed by atoms with Crippen LogP contribution < -0.4 is 0 Å². The van der Waals surface area contributed by atoms with Gasteiger partial charge in [-0.2, -0.15) is 0 Å². The number of carbonyl (C=O) groups excluding carboxylic acids is 2. The van der Waals surface area contributed by atoms with Crippen molar-refractivity contribution in [3.8, 4) is 0 Å². The van der Waals surface area contributed by atoms with Crippen molar-refractivity contribution in [3.05, 3.63) is 0 Å². The molecular formula is C13H23FO4. The summed E-state index contributed by atoms with van der Waals surface area (Å²) >= 11 is 0. The van der Waals surface area contributed by atoms with Gasteiger partial charge in [0.2, 0.25) is 0 Å². The van der Waals surface area contributed by atoms with E-state index < -0.39 is 18.7 Å². The Balaban J connectivity index is 3.38. The molecule has 0 aromatic carbocycles. The van der Waals surface area contributed by atoms with E-state index in [4.69, 9.17) is 4.74 Å². The van der Waals surface area contributed by atoms with Crippen LogP contribution in [0.25, 0.3) is 0 Å². The second-order valence-electron chi connectivity index (χ2n) is 4.27. The van der Waals surface area contributed by atoms with Gasteiger partial charge in [-0.3, -0.25) is 9.59 Å². The Kier molecular flexibility index (Phi) is 10.3. The van der Waals surface area contributed by atoms with Crippen LogP contribution >= 0.6 is 0 Å². The highest BCUT2D eigenvalue weighted by Gasteiger charge is 2.10. The fourth-order valence-electron chi connectivity index (χ4n) is 1.68. The van der Waals surface area contributed by atoms with E-state index in [-0.39, 0.29) is 5.97 Å². The fourth-order valence-corrected chi connectivity index (χ4v) is 1.68. The lowest BCUT2D eigenvalue weighted by Gasteiger charge is -2.12. The first kappa shape index (κ1) is 16.9. The third-order valence-electron chi connectivity index (χ3n) is 2.64. The summed E-state index contributed by atoms with van der Waals surface area (Å²) in [5.41, 5.74) is 0. The summed E-state index contributed by atoms with van der Waals surface area (Å²) in [6.07, 6.45) is 4.99. The molecule has 0 radical (unpaired) electrons. The highest BCUT2D eigenvalue weighted by Crippen LogP contribution is 2.11. The number of carbonyl (C=O) groups is 2. The lowest BCUT2D eigenvalue weighted by atomic mass is 10.1. The smallest absolute Gasteiger partial charge is 0.305 e. The van der Waals surface area contributed by atoms with Gasteiger partial charge in [0.15, 0.2) is 0 Å². The van der Waals surface area contributed by atoms with Crippen LogP contribution in [-0.4, -0.2) is 31.8 Å². The minimum atomic E-state index is -0.623. The molecule has 0 saturated carbocycles. The van der Waals surface area contributed by atoms with Gasteiger partial charge in [0, 0.05) is 13.3 Å². The molecule has 1 unspecified atom stereocenters. The van der Waals surface area contributed by atoms with Gasteiger partial charge >= 0.3 is 11.9 Å². The van der Waals surface area contributed by atoms with Crippen molar-refractivity contribution in [1.29, 1.82) is 0 Å². The van der Waals surface area contributed by atoms with E-state index in [0.29, 0.717) is 12.8 Å². The molecular weight excluding hydrogens is 239 g/mol. The number of ether oxygens (including phenoxy) is 2. The number of rotatable bonds is 10. The molecule has 0 fully saturated rings. The summed E-state index contributed by atoms with van der Waals surface area (Å²) in [6, 6.07) is 0. The molecule has 0 heterocycles. The van der Waals surface area contributed by atoms with Crippen LogP contribution in [0.2, 0.25) is 0 Å². The van der Waals surface area contributed by atoms with E-state index in [1.807, 2.05) is 0 Å². The van der Waals surface area contributed by atoms with Gasteiger partial charge in [0.05, 0.1) is 7.11 Å². The normalized spacial score (nSPS) is 11.9. The molecule has 0 saturated heterocycles. The molecule has 0 amide bonds. The van der Waals surface area contributed by atoms with Crippen molar-refractivity contribution >= 4 is 11.9 Å². The molecule has 0 aliphatic rings. The standard InChI is InChI=1S/C13H23FO4/c1-11(15)18-12(10-14)8-6-4-3-5-7-9-13(16)17-2/h12H,3-10H2,1-2H3. The van der Waals surface area contributed by atoms with Crippen LogP contribution in [0.4, 0.5) is 4.39 Å². The van der Waals surface area contributed by atoms with E-state index in [2.05, 4.69) is 4.74 Å². The molecule has 106 valence electrons. The Morgan fingerprint density at radius 2 is 1.72 bits per heavy atom. The summed E-state index contributed by atoms with van der Waals surface area (Å²) in [6.45, 7) is 0.664. The summed E-state index contributed by atoms with van der Waals surface area (Å²) in [7, 11) is 1.38. The second-order valence-corrected chi connectivity index (χ2v) is 4.27. The summed E-state index contributed by atoms with van der Waals surface area (Å²) < 4.78 is 21.8. The maximum Gasteiger partial charge on any atom is 0.305 e. The van der Waals surface area contributed by atoms with Crippen LogP contribution in [0, 0.1) is 0 Å². The van der Waals surface area contributed by atoms with Crippen molar-refractivity contribution in [2.24, 2.45) is 0 Å². The van der Waals surface area contributed by atoms with Crippen LogP contribution in [0.1, 0.15) is 51.9 Å². The van der Waals surface area contributed by atoms with E-state index >= 15 is 0 Å². The number of alkyl halides is 1. The third kappa shape index (κ3) is 10.1. The zero-order valence-electron chi connectivity index (χ0n) is 11.2. The molecule has 0 aliphatic heterocycles. The first-order valence-corrected chi connectivity index (χ1v) is 6.40. The molecule has 1 atom stereocenters. The Bertz CT molecular complexity index is 243. The average Bonchev–Trinajstić information content (AvgIpc) is 2.35. The quantitative estimate of drug-likeness (QED) is 0.449. The third-order valence-corrected chi connectivity index (χ3v) is 2.64. The summed E-state index contributed by atoms with van der Waals surface area (Å²) in [5, 5.41) is 0. The molecule has 0 spiro atoms. The molecule has 0 aliphatic carbocycles. The molecule has 5 heteroatoms. The van der Waals surface area contributed by atoms with Crippen LogP contribution in [0.15, 0.2) is 0 Å². The first-order valence-electron chi connectivity index (χ1n) is 6.40. The van der Waals surface area contributed by atoms with Crippen molar-refractivity contribution < 1.29 is 23.5 Å². The largest absolute Gasteiger partial charge is 0.469 e. The van der Waals surface area contributed by atoms with Crippen molar-refractivity contribution in [1.82, 2.24) is 0 Å². The van der Waals surface area contributed by atoms with Gasteiger partial charge in [-0.25, -0.2) is 4.39 Å². The molecule has 4 nitrogen and oxygen atoms in total. The zero-order chi connectivity index (χ0) is 13.8. The number of esters is 2. The molecule has 0 N–H and O–H groups in total. The van der Waals surface area contributed by atoms with E-state index in [0.717, 1.165) is 32.1 Å². The van der Waals surface area contributed by atoms with Gasteiger partial charge in [-0.15, -0.1) is 0 Å². The minimum absolute atomic E-state index is 0.178. The van der Waals surface area contributed by atoms with Crippen molar-refractivity contribution in [2.75, 3.05) is 13.8 Å². The predicted molar refractivity (Wildman–Crippen MR) is 65.9 cm³/mol. The topological polar surface area (TPSA) is 52.6 Å². The van der Waals surface area contributed by atoms with Crippen LogP contribution in [0.5, 0.6) is 0 Å². The van der Waals surface area contributed by atoms with Crippen LogP contribution in [-0.2, 0) is 19.1 Å². The average molecular weight is 262 g/mol. The Hall–Kier alpha value is -1.13. The van der Waals surface area contributed by atoms with Gasteiger partial charge in [0.1, 0.15) is 12.8 Å². The second kappa shape index (κ2) is 11.0. The number of unbranched alkanes of at least 4 members (excludes halogenated alkanes) is 4. The lowest BCUT2D eigenvalue weighted by molar-refractivity contribution is -0.147. The van der Waals surface area contributed by atoms with E-state index in [1.54, 1.807) is 0 Å². The van der Waals surface area contributed by atoms with E-state index in [9.17, 15) is 14.0 Å². The first-order chi connectivity index (χ1) is 8.60. The van der Waals surface area contributed by atoms with Gasteiger partial charge in [-0.1, -0.05) is 19.3 Å². The number of methoxy groups -OCH3 is 1. The molecule has 0 rings (SSSR count). The van der Waals surface area contributed by atoms with Gasteiger partial charge < -0.3 is 9.47 Å². The van der Waals surface area contributed by atoms with Gasteiger partial charge in [0.25, 0.3) is 0 Å². The number of hydrogen-bond donors (Lipinski definition) is 0. The Labute approximate surface area is 108 Å². The molecule has 0 aromatic rings. The highest BCUT2D eigenvalue weighted by molar-refractivity contribution is 5.68. The Morgan fingerprint density at radius 3 is 2.28 bits per heavy atom. The summed E-state index contributed by atoms with van der Waals surface area (Å²) in [5.74, 6) is -0.613. The Morgan fingerprint density at radius 1 is 1.11 bits per heavy atom. The SMILES string of the molecule is COC(=O)CCCCCCCC(CF)OC(C)=O. The highest BCUT2D eigenvalue weighted by atomic mass is 19.1. The fraction of sp³-hybridized carbons (Fsp3) is 0.846.